The van der Waals surface area contributed by atoms with Crippen LogP contribution in [0, 0.1) is 0 Å². The van der Waals surface area contributed by atoms with Crippen LogP contribution in [-0.4, -0.2) is 21.1 Å². The minimum absolute atomic E-state index is 0.616. The van der Waals surface area contributed by atoms with Crippen LogP contribution in [0.5, 0.6) is 0 Å². The summed E-state index contributed by atoms with van der Waals surface area (Å²) >= 11 is 5.83. The van der Waals surface area contributed by atoms with E-state index in [1.807, 2.05) is 12.1 Å². The number of pyridine rings is 1. The summed E-state index contributed by atoms with van der Waals surface area (Å²) in [5.41, 5.74) is 4.49. The van der Waals surface area contributed by atoms with Gasteiger partial charge in [0, 0.05) is 35.1 Å². The summed E-state index contributed by atoms with van der Waals surface area (Å²) in [6.45, 7) is 2.11. The molecule has 0 atom stereocenters. The minimum Gasteiger partial charge on any atom is -0.282 e. The molecule has 0 aromatic carbocycles. The highest BCUT2D eigenvalue weighted by atomic mass is 35.5. The maximum absolute atomic E-state index is 5.83. The zero-order chi connectivity index (χ0) is 11.4. The predicted octanol–water partition coefficient (Wildman–Crippen LogP) is 2.82. The Bertz CT molecular complexity index is 451. The number of hydrogen-bond donors (Lipinski definition) is 1. The van der Waals surface area contributed by atoms with E-state index in [1.54, 1.807) is 12.4 Å². The summed E-state index contributed by atoms with van der Waals surface area (Å²) in [5.74, 6) is 0.616. The third-order valence-electron chi connectivity index (χ3n) is 2.60. The molecule has 0 fully saturated rings. The molecular weight excluding hydrogens is 222 g/mol. The van der Waals surface area contributed by atoms with E-state index in [9.17, 15) is 0 Å². The fraction of sp³-hybridized carbons (Fsp3) is 0.333. The molecule has 0 saturated carbocycles. The summed E-state index contributed by atoms with van der Waals surface area (Å²) < 4.78 is 0. The van der Waals surface area contributed by atoms with Gasteiger partial charge in [0.15, 0.2) is 0 Å². The van der Waals surface area contributed by atoms with Crippen molar-refractivity contribution >= 4 is 11.6 Å². The van der Waals surface area contributed by atoms with E-state index in [4.69, 9.17) is 11.6 Å². The van der Waals surface area contributed by atoms with Crippen LogP contribution in [0.4, 0.5) is 0 Å². The van der Waals surface area contributed by atoms with Crippen LogP contribution in [0.15, 0.2) is 24.5 Å². The molecule has 84 valence electrons. The van der Waals surface area contributed by atoms with Crippen molar-refractivity contribution in [1.82, 2.24) is 15.2 Å². The van der Waals surface area contributed by atoms with Crippen LogP contribution in [0.2, 0.25) is 0 Å². The van der Waals surface area contributed by atoms with Crippen molar-refractivity contribution in [2.45, 2.75) is 19.8 Å². The molecule has 1 N–H and O–H groups in total. The first-order valence-corrected chi connectivity index (χ1v) is 5.92. The Labute approximate surface area is 99.9 Å². The minimum atomic E-state index is 0.616. The van der Waals surface area contributed by atoms with Gasteiger partial charge in [-0.05, 0) is 25.0 Å². The number of nitrogens with one attached hydrogen (secondary N) is 1. The molecule has 0 aliphatic heterocycles. The third kappa shape index (κ3) is 2.09. The van der Waals surface area contributed by atoms with Gasteiger partial charge in [-0.1, -0.05) is 6.92 Å². The highest BCUT2D eigenvalue weighted by molar-refractivity contribution is 6.18. The largest absolute Gasteiger partial charge is 0.282 e. The second-order valence-corrected chi connectivity index (χ2v) is 3.94. The molecule has 0 bridgehead atoms. The lowest BCUT2D eigenvalue weighted by Crippen LogP contribution is -1.93. The van der Waals surface area contributed by atoms with Crippen LogP contribution in [0.1, 0.15) is 18.2 Å². The number of aryl methyl sites for hydroxylation is 1. The number of aromatic amines is 1. The second kappa shape index (κ2) is 5.12. The van der Waals surface area contributed by atoms with Crippen molar-refractivity contribution in [3.63, 3.8) is 0 Å². The van der Waals surface area contributed by atoms with Crippen LogP contribution in [-0.2, 0) is 12.8 Å². The Hall–Kier alpha value is -1.35. The highest BCUT2D eigenvalue weighted by Crippen LogP contribution is 2.24. The first-order valence-electron chi connectivity index (χ1n) is 5.39. The van der Waals surface area contributed by atoms with Crippen LogP contribution >= 0.6 is 11.6 Å². The fourth-order valence-electron chi connectivity index (χ4n) is 1.81. The lowest BCUT2D eigenvalue weighted by Gasteiger charge is -2.02. The molecule has 0 amide bonds. The van der Waals surface area contributed by atoms with Crippen LogP contribution in [0.25, 0.3) is 11.3 Å². The molecule has 4 heteroatoms. The van der Waals surface area contributed by atoms with Crippen molar-refractivity contribution in [2.24, 2.45) is 0 Å². The smallest absolute Gasteiger partial charge is 0.0957 e. The van der Waals surface area contributed by atoms with Gasteiger partial charge in [0.2, 0.25) is 0 Å². The first-order chi connectivity index (χ1) is 7.86. The van der Waals surface area contributed by atoms with Gasteiger partial charge in [-0.3, -0.25) is 10.1 Å². The molecule has 2 aromatic rings. The van der Waals surface area contributed by atoms with Gasteiger partial charge in [0.25, 0.3) is 0 Å². The van der Waals surface area contributed by atoms with Gasteiger partial charge >= 0.3 is 0 Å². The number of hydrogen-bond acceptors (Lipinski definition) is 2. The van der Waals surface area contributed by atoms with Crippen molar-refractivity contribution < 1.29 is 0 Å². The summed E-state index contributed by atoms with van der Waals surface area (Å²) in [6, 6.07) is 3.93. The molecule has 0 spiro atoms. The fourth-order valence-corrected chi connectivity index (χ4v) is 2.00. The molecule has 2 heterocycles. The molecule has 0 aliphatic rings. The maximum atomic E-state index is 5.83. The zero-order valence-corrected chi connectivity index (χ0v) is 9.96. The normalized spacial score (nSPS) is 10.6. The standard InChI is InChI=1S/C12H14ClN3/c1-2-11-10(3-6-13)12(16-15-11)9-4-7-14-8-5-9/h4-5,7-8H,2-3,6H2,1H3,(H,15,16). The molecule has 0 aliphatic carbocycles. The number of rotatable bonds is 4. The number of nitrogens with zero attached hydrogens (tertiary/aromatic N) is 2. The summed E-state index contributed by atoms with van der Waals surface area (Å²) in [6.07, 6.45) is 5.35. The maximum Gasteiger partial charge on any atom is 0.0957 e. The van der Waals surface area contributed by atoms with E-state index >= 15 is 0 Å². The quantitative estimate of drug-likeness (QED) is 0.828. The molecule has 0 radical (unpaired) electrons. The van der Waals surface area contributed by atoms with E-state index in [0.29, 0.717) is 5.88 Å². The van der Waals surface area contributed by atoms with Gasteiger partial charge in [-0.25, -0.2) is 0 Å². The second-order valence-electron chi connectivity index (χ2n) is 3.56. The van der Waals surface area contributed by atoms with Crippen molar-refractivity contribution in [1.29, 1.82) is 0 Å². The van der Waals surface area contributed by atoms with Gasteiger partial charge in [-0.2, -0.15) is 5.10 Å². The average Bonchev–Trinajstić information content (AvgIpc) is 2.74. The van der Waals surface area contributed by atoms with Gasteiger partial charge in [-0.15, -0.1) is 11.6 Å². The van der Waals surface area contributed by atoms with Crippen molar-refractivity contribution in [2.75, 3.05) is 5.88 Å². The molecule has 3 nitrogen and oxygen atoms in total. The highest BCUT2D eigenvalue weighted by Gasteiger charge is 2.12. The molecule has 16 heavy (non-hydrogen) atoms. The summed E-state index contributed by atoms with van der Waals surface area (Å²) in [5, 5.41) is 7.44. The Morgan fingerprint density at radius 2 is 2.06 bits per heavy atom. The first kappa shape index (κ1) is 11.1. The lowest BCUT2D eigenvalue weighted by molar-refractivity contribution is 0.958. The molecule has 0 unspecified atom stereocenters. The Morgan fingerprint density at radius 3 is 2.69 bits per heavy atom. The van der Waals surface area contributed by atoms with Crippen LogP contribution in [0.3, 0.4) is 0 Å². The van der Waals surface area contributed by atoms with E-state index in [-0.39, 0.29) is 0 Å². The molecule has 2 aromatic heterocycles. The van der Waals surface area contributed by atoms with E-state index in [2.05, 4.69) is 22.1 Å². The monoisotopic (exact) mass is 235 g/mol. The van der Waals surface area contributed by atoms with E-state index in [1.165, 1.54) is 11.3 Å². The van der Waals surface area contributed by atoms with Crippen molar-refractivity contribution in [3.8, 4) is 11.3 Å². The molecule has 0 saturated heterocycles. The van der Waals surface area contributed by atoms with E-state index < -0.39 is 0 Å². The topological polar surface area (TPSA) is 41.6 Å². The van der Waals surface area contributed by atoms with Crippen LogP contribution < -0.4 is 0 Å². The third-order valence-corrected chi connectivity index (χ3v) is 2.79. The van der Waals surface area contributed by atoms with Gasteiger partial charge in [0.1, 0.15) is 0 Å². The number of H-pyrrole nitrogens is 1. The predicted molar refractivity (Wildman–Crippen MR) is 65.6 cm³/mol. The van der Waals surface area contributed by atoms with Gasteiger partial charge in [0.05, 0.1) is 5.69 Å². The molecule has 2 rings (SSSR count). The number of halogens is 1. The number of alkyl halides is 1. The average molecular weight is 236 g/mol. The van der Waals surface area contributed by atoms with Gasteiger partial charge < -0.3 is 0 Å². The Balaban J connectivity index is 2.44. The number of aromatic nitrogens is 3. The Kier molecular flexibility index (Phi) is 3.57. The van der Waals surface area contributed by atoms with Crippen molar-refractivity contribution in [3.05, 3.63) is 35.8 Å². The summed E-state index contributed by atoms with van der Waals surface area (Å²) in [4.78, 5) is 4.01. The molecular formula is C12H14ClN3. The SMILES string of the molecule is CCc1[nH]nc(-c2ccncc2)c1CCCl. The lowest BCUT2D eigenvalue weighted by atomic mass is 10.0. The Morgan fingerprint density at radius 1 is 1.31 bits per heavy atom. The summed E-state index contributed by atoms with van der Waals surface area (Å²) in [7, 11) is 0. The van der Waals surface area contributed by atoms with E-state index in [0.717, 1.165) is 24.1 Å². The zero-order valence-electron chi connectivity index (χ0n) is 9.20.